The Morgan fingerprint density at radius 1 is 1.25 bits per heavy atom. The lowest BCUT2D eigenvalue weighted by Crippen LogP contribution is -2.53. The Morgan fingerprint density at radius 2 is 2.00 bits per heavy atom. The van der Waals surface area contributed by atoms with Crippen LogP contribution >= 0.6 is 0 Å². The fraction of sp³-hybridized carbons (Fsp3) is 1.00. The predicted molar refractivity (Wildman–Crippen MR) is 53.0 cm³/mol. The third-order valence-electron chi connectivity index (χ3n) is 3.17. The molecule has 12 heavy (non-hydrogen) atoms. The molecule has 0 aliphatic carbocycles. The molecule has 2 heterocycles. The lowest BCUT2D eigenvalue weighted by atomic mass is 10.2. The van der Waals surface area contributed by atoms with E-state index in [0.717, 1.165) is 6.61 Å². The maximum absolute atomic E-state index is 6.04. The quantitative estimate of drug-likeness (QED) is 0.474. The van der Waals surface area contributed by atoms with Gasteiger partial charge in [0.1, 0.15) is 5.35 Å². The fourth-order valence-corrected chi connectivity index (χ4v) is 4.52. The molecule has 0 radical (unpaired) electrons. The molecule has 1 atom stereocenters. The highest BCUT2D eigenvalue weighted by atomic mass is 28.3. The van der Waals surface area contributed by atoms with Crippen LogP contribution in [0.4, 0.5) is 0 Å². The van der Waals surface area contributed by atoms with Crippen LogP contribution in [0.25, 0.3) is 0 Å². The monoisotopic (exact) mass is 185 g/mol. The number of hydrogen-bond donors (Lipinski definition) is 0. The van der Waals surface area contributed by atoms with E-state index in [1.54, 1.807) is 0 Å². The number of ether oxygens (including phenoxy) is 1. The van der Waals surface area contributed by atoms with Gasteiger partial charge in [0.25, 0.3) is 0 Å². The van der Waals surface area contributed by atoms with Crippen LogP contribution in [0.15, 0.2) is 0 Å². The van der Waals surface area contributed by atoms with E-state index in [9.17, 15) is 0 Å². The van der Waals surface area contributed by atoms with E-state index in [4.69, 9.17) is 4.74 Å². The molecule has 70 valence electrons. The SMILES string of the molecule is C[SiH](C)C1(N2CC2)CCCCO1. The van der Waals surface area contributed by atoms with E-state index >= 15 is 0 Å². The van der Waals surface area contributed by atoms with Crippen LogP contribution < -0.4 is 0 Å². The smallest absolute Gasteiger partial charge is 0.104 e. The molecule has 0 aromatic carbocycles. The van der Waals surface area contributed by atoms with Gasteiger partial charge in [0.2, 0.25) is 0 Å². The van der Waals surface area contributed by atoms with Crippen LogP contribution in [0, 0.1) is 0 Å². The Hall–Kier alpha value is 0.137. The van der Waals surface area contributed by atoms with Crippen molar-refractivity contribution < 1.29 is 4.74 Å². The molecule has 2 aliphatic heterocycles. The minimum atomic E-state index is -0.679. The molecule has 2 nitrogen and oxygen atoms in total. The summed E-state index contributed by atoms with van der Waals surface area (Å²) >= 11 is 0. The largest absolute Gasteiger partial charge is 0.364 e. The van der Waals surface area contributed by atoms with Crippen LogP contribution in [0.1, 0.15) is 19.3 Å². The fourth-order valence-electron chi connectivity index (χ4n) is 2.30. The Morgan fingerprint density at radius 3 is 2.42 bits per heavy atom. The van der Waals surface area contributed by atoms with E-state index < -0.39 is 8.80 Å². The van der Waals surface area contributed by atoms with Crippen molar-refractivity contribution in [3.63, 3.8) is 0 Å². The van der Waals surface area contributed by atoms with E-state index in [-0.39, 0.29) is 5.35 Å². The molecular formula is C9H19NOSi. The first-order valence-electron chi connectivity index (χ1n) is 5.15. The number of rotatable bonds is 2. The highest BCUT2D eigenvalue weighted by Gasteiger charge is 2.47. The summed E-state index contributed by atoms with van der Waals surface area (Å²) in [5.41, 5.74) is 0. The van der Waals surface area contributed by atoms with E-state index in [0.29, 0.717) is 0 Å². The van der Waals surface area contributed by atoms with Crippen molar-refractivity contribution in [2.24, 2.45) is 0 Å². The van der Waals surface area contributed by atoms with Gasteiger partial charge in [-0.2, -0.15) is 0 Å². The molecule has 0 amide bonds. The standard InChI is InChI=1S/C9H19NOSi/c1-12(2)9(10-6-7-10)5-3-4-8-11-9/h12H,3-8H2,1-2H3. The summed E-state index contributed by atoms with van der Waals surface area (Å²) in [5, 5.41) is 0.262. The van der Waals surface area contributed by atoms with Gasteiger partial charge >= 0.3 is 0 Å². The van der Waals surface area contributed by atoms with Gasteiger partial charge in [-0.15, -0.1) is 0 Å². The van der Waals surface area contributed by atoms with Crippen LogP contribution in [-0.4, -0.2) is 38.7 Å². The van der Waals surface area contributed by atoms with Crippen LogP contribution in [-0.2, 0) is 4.74 Å². The van der Waals surface area contributed by atoms with Gasteiger partial charge < -0.3 is 4.74 Å². The minimum Gasteiger partial charge on any atom is -0.364 e. The highest BCUT2D eigenvalue weighted by Crippen LogP contribution is 2.35. The summed E-state index contributed by atoms with van der Waals surface area (Å²) in [6.07, 6.45) is 3.95. The Kier molecular flexibility index (Phi) is 2.27. The van der Waals surface area contributed by atoms with E-state index in [2.05, 4.69) is 18.0 Å². The second-order valence-corrected chi connectivity index (χ2v) is 7.50. The van der Waals surface area contributed by atoms with Crippen molar-refractivity contribution in [1.82, 2.24) is 4.90 Å². The summed E-state index contributed by atoms with van der Waals surface area (Å²) in [4.78, 5) is 2.54. The molecule has 0 bridgehead atoms. The van der Waals surface area contributed by atoms with Crippen molar-refractivity contribution in [3.8, 4) is 0 Å². The minimum absolute atomic E-state index is 0.262. The van der Waals surface area contributed by atoms with Crippen LogP contribution in [0.5, 0.6) is 0 Å². The Balaban J connectivity index is 2.08. The zero-order valence-corrected chi connectivity index (χ0v) is 9.33. The summed E-state index contributed by atoms with van der Waals surface area (Å²) in [6, 6.07) is 0. The number of hydrogen-bond acceptors (Lipinski definition) is 2. The zero-order chi connectivity index (χ0) is 8.60. The van der Waals surface area contributed by atoms with Crippen LogP contribution in [0.2, 0.25) is 13.1 Å². The van der Waals surface area contributed by atoms with Crippen molar-refractivity contribution in [2.75, 3.05) is 19.7 Å². The summed E-state index contributed by atoms with van der Waals surface area (Å²) in [6.45, 7) is 8.41. The van der Waals surface area contributed by atoms with Crippen molar-refractivity contribution in [1.29, 1.82) is 0 Å². The molecule has 0 saturated carbocycles. The van der Waals surface area contributed by atoms with Gasteiger partial charge in [0, 0.05) is 19.7 Å². The maximum Gasteiger partial charge on any atom is 0.104 e. The van der Waals surface area contributed by atoms with Gasteiger partial charge in [-0.25, -0.2) is 0 Å². The molecule has 0 aromatic heterocycles. The molecule has 0 spiro atoms. The Bertz CT molecular complexity index is 158. The topological polar surface area (TPSA) is 12.2 Å². The van der Waals surface area contributed by atoms with Crippen LogP contribution in [0.3, 0.4) is 0 Å². The lowest BCUT2D eigenvalue weighted by Gasteiger charge is -2.41. The average Bonchev–Trinajstić information content (AvgIpc) is 2.88. The van der Waals surface area contributed by atoms with E-state index in [1.165, 1.54) is 32.4 Å². The molecule has 2 saturated heterocycles. The molecular weight excluding hydrogens is 166 g/mol. The normalized spacial score (nSPS) is 37.2. The highest BCUT2D eigenvalue weighted by molar-refractivity contribution is 6.59. The first kappa shape index (κ1) is 8.72. The lowest BCUT2D eigenvalue weighted by molar-refractivity contribution is -0.0828. The predicted octanol–water partition coefficient (Wildman–Crippen LogP) is 1.22. The molecule has 0 N–H and O–H groups in total. The first-order valence-corrected chi connectivity index (χ1v) is 8.03. The molecule has 3 heteroatoms. The second-order valence-electron chi connectivity index (χ2n) is 4.29. The summed E-state index contributed by atoms with van der Waals surface area (Å²) < 4.78 is 6.04. The van der Waals surface area contributed by atoms with Gasteiger partial charge in [-0.05, 0) is 19.3 Å². The molecule has 0 aromatic rings. The summed E-state index contributed by atoms with van der Waals surface area (Å²) in [5.74, 6) is 0. The third-order valence-corrected chi connectivity index (χ3v) is 5.79. The maximum atomic E-state index is 6.04. The van der Waals surface area contributed by atoms with Gasteiger partial charge in [0.15, 0.2) is 0 Å². The molecule has 1 unspecified atom stereocenters. The first-order chi connectivity index (χ1) is 5.76. The van der Waals surface area contributed by atoms with Crippen molar-refractivity contribution in [3.05, 3.63) is 0 Å². The van der Waals surface area contributed by atoms with Gasteiger partial charge in [-0.1, -0.05) is 13.1 Å². The number of nitrogens with zero attached hydrogens (tertiary/aromatic N) is 1. The van der Waals surface area contributed by atoms with Crippen molar-refractivity contribution >= 4 is 8.80 Å². The Labute approximate surface area is 76.5 Å². The molecule has 2 fully saturated rings. The van der Waals surface area contributed by atoms with Gasteiger partial charge in [-0.3, -0.25) is 4.90 Å². The van der Waals surface area contributed by atoms with E-state index in [1.807, 2.05) is 0 Å². The molecule has 2 rings (SSSR count). The average molecular weight is 185 g/mol. The third kappa shape index (κ3) is 1.34. The second kappa shape index (κ2) is 3.12. The summed E-state index contributed by atoms with van der Waals surface area (Å²) in [7, 11) is -0.679. The zero-order valence-electron chi connectivity index (χ0n) is 8.18. The van der Waals surface area contributed by atoms with Crippen molar-refractivity contribution in [2.45, 2.75) is 37.7 Å². The van der Waals surface area contributed by atoms with Gasteiger partial charge in [0.05, 0.1) is 8.80 Å². The molecule has 2 aliphatic rings.